The van der Waals surface area contributed by atoms with Gasteiger partial charge in [0.25, 0.3) is 5.91 Å². The van der Waals surface area contributed by atoms with Crippen LogP contribution in [0, 0.1) is 12.8 Å². The molecule has 13 heteroatoms. The molecule has 0 aliphatic carbocycles. The van der Waals surface area contributed by atoms with Crippen LogP contribution < -0.4 is 16.4 Å². The zero-order valence-corrected chi connectivity index (χ0v) is 19.3. The van der Waals surface area contributed by atoms with Crippen molar-refractivity contribution in [3.8, 4) is 0 Å². The number of anilines is 1. The van der Waals surface area contributed by atoms with E-state index in [0.29, 0.717) is 5.56 Å². The summed E-state index contributed by atoms with van der Waals surface area (Å²) in [5.74, 6) is -4.86. The average Bonchev–Trinajstić information content (AvgIpc) is 2.91. The van der Waals surface area contributed by atoms with E-state index < -0.39 is 72.7 Å². The van der Waals surface area contributed by atoms with Gasteiger partial charge in [-0.3, -0.25) is 14.4 Å². The SMILES string of the molecule is Cc1cccc(C2=NC(NC(=O)C(CCC(F)(F)F)CC(N)=O)C(=O)Nc3c2cccc3C(F)(F)F)c1. The van der Waals surface area contributed by atoms with Crippen LogP contribution in [0.25, 0.3) is 0 Å². The second kappa shape index (κ2) is 10.6. The molecule has 0 spiro atoms. The molecule has 0 bridgehead atoms. The maximum absolute atomic E-state index is 13.7. The number of nitrogens with one attached hydrogen (secondary N) is 2. The number of para-hydroxylation sites is 1. The monoisotopic (exact) mass is 528 g/mol. The van der Waals surface area contributed by atoms with Crippen molar-refractivity contribution in [2.45, 2.75) is 44.7 Å². The normalized spacial score (nSPS) is 16.7. The van der Waals surface area contributed by atoms with E-state index in [1.54, 1.807) is 31.2 Å². The minimum Gasteiger partial charge on any atom is -0.370 e. The highest BCUT2D eigenvalue weighted by molar-refractivity contribution is 6.20. The Morgan fingerprint density at radius 3 is 2.38 bits per heavy atom. The number of primary amides is 1. The first-order valence-electron chi connectivity index (χ1n) is 11.0. The van der Waals surface area contributed by atoms with Crippen molar-refractivity contribution >= 4 is 29.1 Å². The lowest BCUT2D eigenvalue weighted by Gasteiger charge is -2.20. The molecule has 1 heterocycles. The minimum atomic E-state index is -4.84. The molecule has 0 aromatic heterocycles. The van der Waals surface area contributed by atoms with Crippen molar-refractivity contribution in [3.63, 3.8) is 0 Å². The number of fused-ring (bicyclic) bond motifs is 1. The summed E-state index contributed by atoms with van der Waals surface area (Å²) in [6.45, 7) is 1.73. The molecule has 0 saturated carbocycles. The molecule has 1 aliphatic heterocycles. The van der Waals surface area contributed by atoms with E-state index in [-0.39, 0.29) is 11.3 Å². The second-order valence-corrected chi connectivity index (χ2v) is 8.49. The predicted octanol–water partition coefficient (Wildman–Crippen LogP) is 4.08. The summed E-state index contributed by atoms with van der Waals surface area (Å²) in [7, 11) is 0. The van der Waals surface area contributed by atoms with Gasteiger partial charge in [0.2, 0.25) is 18.0 Å². The van der Waals surface area contributed by atoms with Crippen LogP contribution in [-0.2, 0) is 20.6 Å². The van der Waals surface area contributed by atoms with Crippen molar-refractivity contribution in [1.82, 2.24) is 5.32 Å². The Morgan fingerprint density at radius 2 is 1.78 bits per heavy atom. The number of nitrogens with zero attached hydrogens (tertiary/aromatic N) is 1. The van der Waals surface area contributed by atoms with Gasteiger partial charge in [0.15, 0.2) is 0 Å². The highest BCUT2D eigenvalue weighted by atomic mass is 19.4. The molecule has 4 N–H and O–H groups in total. The molecule has 3 rings (SSSR count). The molecular formula is C24H22F6N4O3. The number of benzene rings is 2. The van der Waals surface area contributed by atoms with Crippen LogP contribution in [0.5, 0.6) is 0 Å². The molecule has 3 amide bonds. The van der Waals surface area contributed by atoms with Crippen LogP contribution in [0.15, 0.2) is 47.5 Å². The molecule has 0 radical (unpaired) electrons. The lowest BCUT2D eigenvalue weighted by atomic mass is 9.96. The number of amides is 3. The molecule has 1 aliphatic rings. The minimum absolute atomic E-state index is 0.0600. The van der Waals surface area contributed by atoms with Gasteiger partial charge < -0.3 is 16.4 Å². The van der Waals surface area contributed by atoms with Crippen molar-refractivity contribution in [2.75, 3.05) is 5.32 Å². The van der Waals surface area contributed by atoms with Crippen LogP contribution in [0.2, 0.25) is 0 Å². The third-order valence-corrected chi connectivity index (χ3v) is 5.54. The average molecular weight is 528 g/mol. The number of benzodiazepines with no additional fused rings is 1. The van der Waals surface area contributed by atoms with Gasteiger partial charge in [-0.15, -0.1) is 0 Å². The van der Waals surface area contributed by atoms with Crippen LogP contribution in [0.1, 0.15) is 41.5 Å². The topological polar surface area (TPSA) is 114 Å². The van der Waals surface area contributed by atoms with Gasteiger partial charge in [-0.2, -0.15) is 26.3 Å². The smallest absolute Gasteiger partial charge is 0.370 e. The van der Waals surface area contributed by atoms with E-state index in [0.717, 1.165) is 17.7 Å². The van der Waals surface area contributed by atoms with Crippen LogP contribution in [-0.4, -0.2) is 35.8 Å². The molecule has 2 atom stereocenters. The fourth-order valence-electron chi connectivity index (χ4n) is 3.85. The summed E-state index contributed by atoms with van der Waals surface area (Å²) >= 11 is 0. The molecule has 2 unspecified atom stereocenters. The van der Waals surface area contributed by atoms with Crippen molar-refractivity contribution < 1.29 is 40.7 Å². The van der Waals surface area contributed by atoms with Gasteiger partial charge in [0.1, 0.15) is 0 Å². The largest absolute Gasteiger partial charge is 0.418 e. The van der Waals surface area contributed by atoms with E-state index in [1.165, 1.54) is 6.07 Å². The molecular weight excluding hydrogens is 506 g/mol. The number of rotatable bonds is 7. The van der Waals surface area contributed by atoms with E-state index in [2.05, 4.69) is 15.6 Å². The molecule has 0 fully saturated rings. The van der Waals surface area contributed by atoms with Gasteiger partial charge in [-0.05, 0) is 25.5 Å². The number of hydrogen-bond donors (Lipinski definition) is 3. The third-order valence-electron chi connectivity index (χ3n) is 5.54. The van der Waals surface area contributed by atoms with Crippen LogP contribution in [0.4, 0.5) is 32.0 Å². The van der Waals surface area contributed by atoms with Crippen molar-refractivity contribution in [1.29, 1.82) is 0 Å². The van der Waals surface area contributed by atoms with Gasteiger partial charge >= 0.3 is 12.4 Å². The number of halogens is 6. The maximum Gasteiger partial charge on any atom is 0.418 e. The summed E-state index contributed by atoms with van der Waals surface area (Å²) < 4.78 is 79.4. The number of aryl methyl sites for hydroxylation is 1. The Balaban J connectivity index is 2.05. The van der Waals surface area contributed by atoms with Crippen molar-refractivity contribution in [3.05, 3.63) is 64.7 Å². The Kier molecular flexibility index (Phi) is 7.94. The first-order chi connectivity index (χ1) is 17.2. The quantitative estimate of drug-likeness (QED) is 0.471. The summed E-state index contributed by atoms with van der Waals surface area (Å²) in [4.78, 5) is 41.3. The van der Waals surface area contributed by atoms with Gasteiger partial charge in [-0.1, -0.05) is 35.9 Å². The Hall–Kier alpha value is -3.90. The van der Waals surface area contributed by atoms with Crippen LogP contribution in [0.3, 0.4) is 0 Å². The first-order valence-corrected chi connectivity index (χ1v) is 11.0. The summed E-state index contributed by atoms with van der Waals surface area (Å²) in [5.41, 5.74) is 4.27. The van der Waals surface area contributed by atoms with Crippen LogP contribution >= 0.6 is 0 Å². The second-order valence-electron chi connectivity index (χ2n) is 8.49. The number of carbonyl (C=O) groups excluding carboxylic acids is 3. The number of hydrogen-bond acceptors (Lipinski definition) is 4. The summed E-state index contributed by atoms with van der Waals surface area (Å²) in [5, 5.41) is 4.31. The Morgan fingerprint density at radius 1 is 1.11 bits per heavy atom. The van der Waals surface area contributed by atoms with E-state index in [1.807, 2.05) is 0 Å². The first kappa shape index (κ1) is 27.7. The molecule has 7 nitrogen and oxygen atoms in total. The summed E-state index contributed by atoms with van der Waals surface area (Å²) in [6.07, 6.45) is -14.2. The number of alkyl halides is 6. The van der Waals surface area contributed by atoms with E-state index in [9.17, 15) is 40.7 Å². The molecule has 37 heavy (non-hydrogen) atoms. The predicted molar refractivity (Wildman–Crippen MR) is 121 cm³/mol. The van der Waals surface area contributed by atoms with Crippen molar-refractivity contribution in [2.24, 2.45) is 16.6 Å². The third kappa shape index (κ3) is 7.08. The van der Waals surface area contributed by atoms with E-state index >= 15 is 0 Å². The Bertz CT molecular complexity index is 1240. The van der Waals surface area contributed by atoms with Gasteiger partial charge in [0.05, 0.1) is 17.0 Å². The summed E-state index contributed by atoms with van der Waals surface area (Å²) in [6, 6.07) is 9.72. The zero-order valence-electron chi connectivity index (χ0n) is 19.3. The van der Waals surface area contributed by atoms with Gasteiger partial charge in [-0.25, -0.2) is 4.99 Å². The zero-order chi connectivity index (χ0) is 27.5. The molecule has 2 aromatic carbocycles. The fourth-order valence-corrected chi connectivity index (χ4v) is 3.85. The Labute approximate surface area is 207 Å². The lowest BCUT2D eigenvalue weighted by Crippen LogP contribution is -2.45. The standard InChI is InChI=1S/C24H22F6N4O3/c1-12-4-2-5-13(10-12)18-15-6-3-7-16(24(28,29)30)19(15)33-22(37)20(32-18)34-21(36)14(11-17(31)35)8-9-23(25,26)27/h2-7,10,14,20H,8-9,11H2,1H3,(H2,31,35)(H,33,37)(H,34,36). The van der Waals surface area contributed by atoms with E-state index in [4.69, 9.17) is 5.73 Å². The number of nitrogens with two attached hydrogens (primary N) is 1. The molecule has 0 saturated heterocycles. The number of carbonyl (C=O) groups is 3. The maximum atomic E-state index is 13.7. The highest BCUT2D eigenvalue weighted by Crippen LogP contribution is 2.38. The fraction of sp³-hybridized carbons (Fsp3) is 0.333. The lowest BCUT2D eigenvalue weighted by molar-refractivity contribution is -0.143. The molecule has 198 valence electrons. The molecule has 2 aromatic rings. The number of aliphatic imine (C=N–C) groups is 1. The highest BCUT2D eigenvalue weighted by Gasteiger charge is 2.39. The van der Waals surface area contributed by atoms with Gasteiger partial charge in [0, 0.05) is 29.9 Å².